The lowest BCUT2D eigenvalue weighted by molar-refractivity contribution is 1.07. The Morgan fingerprint density at radius 1 is 0.112 bits per heavy atom. The highest BCUT2D eigenvalue weighted by Gasteiger charge is 2.21. The second-order valence-corrected chi connectivity index (χ2v) is 31.7. The Balaban J connectivity index is 0.000000121. The lowest BCUT2D eigenvalue weighted by Gasteiger charge is -2.12. The van der Waals surface area contributed by atoms with Crippen LogP contribution in [0.1, 0.15) is 0 Å². The summed E-state index contributed by atoms with van der Waals surface area (Å²) in [6, 6.07) is 145. The van der Waals surface area contributed by atoms with Crippen molar-refractivity contribution in [1.82, 2.24) is 79.7 Å². The largest absolute Gasteiger partial charge is 0.256 e. The van der Waals surface area contributed by atoms with Gasteiger partial charge in [0.2, 0.25) is 0 Å². The Bertz CT molecular complexity index is 7430. The third kappa shape index (κ3) is 18.6. The van der Waals surface area contributed by atoms with Crippen LogP contribution >= 0.6 is 0 Å². The molecule has 0 amide bonds. The van der Waals surface area contributed by atoms with Crippen molar-refractivity contribution in [3.8, 4) is 203 Å². The second kappa shape index (κ2) is 38.6. The Labute approximate surface area is 773 Å². The molecule has 630 valence electrons. The van der Waals surface area contributed by atoms with Crippen LogP contribution in [0.15, 0.2) is 474 Å². The zero-order valence-electron chi connectivity index (χ0n) is 72.2. The summed E-state index contributed by atoms with van der Waals surface area (Å²) in [5, 5.41) is 2.19. The van der Waals surface area contributed by atoms with Crippen molar-refractivity contribution in [2.45, 2.75) is 0 Å². The van der Waals surface area contributed by atoms with Crippen molar-refractivity contribution in [3.05, 3.63) is 474 Å². The molecule has 0 aliphatic rings. The van der Waals surface area contributed by atoms with Crippen LogP contribution in [0.4, 0.5) is 0 Å². The first-order chi connectivity index (χ1) is 66.4. The van der Waals surface area contributed by atoms with Crippen molar-refractivity contribution in [2.75, 3.05) is 0 Å². The van der Waals surface area contributed by atoms with E-state index in [1.165, 1.54) is 0 Å². The summed E-state index contributed by atoms with van der Waals surface area (Å²) in [4.78, 5) is 76.7. The van der Waals surface area contributed by atoms with Crippen LogP contribution in [0.5, 0.6) is 0 Å². The number of nitrogens with zero attached hydrogens (tertiary/aromatic N) is 16. The number of fused-ring (bicyclic) bond motifs is 2. The summed E-state index contributed by atoms with van der Waals surface area (Å²) >= 11 is 0. The third-order valence-corrected chi connectivity index (χ3v) is 23.0. The maximum Gasteiger partial charge on any atom is 0.164 e. The van der Waals surface area contributed by atoms with E-state index in [0.29, 0.717) is 52.4 Å². The first kappa shape index (κ1) is 82.4. The van der Waals surface area contributed by atoms with Gasteiger partial charge in [-0.2, -0.15) is 0 Å². The Hall–Kier alpha value is -18.5. The number of benzene rings is 13. The summed E-state index contributed by atoms with van der Waals surface area (Å²) in [6.45, 7) is 0. The average Bonchev–Trinajstić information content (AvgIpc) is 0.784. The highest BCUT2D eigenvalue weighted by Crippen LogP contribution is 2.39. The monoisotopic (exact) mass is 1720 g/mol. The topological polar surface area (TPSA) is 206 Å². The molecule has 0 aliphatic carbocycles. The van der Waals surface area contributed by atoms with E-state index in [9.17, 15) is 0 Å². The van der Waals surface area contributed by atoms with Crippen molar-refractivity contribution in [3.63, 3.8) is 0 Å². The van der Waals surface area contributed by atoms with Gasteiger partial charge < -0.3 is 0 Å². The van der Waals surface area contributed by atoms with Gasteiger partial charge in [0.05, 0.1) is 39.5 Å². The highest BCUT2D eigenvalue weighted by molar-refractivity contribution is 5.97. The fourth-order valence-electron chi connectivity index (χ4n) is 16.2. The van der Waals surface area contributed by atoms with E-state index >= 15 is 0 Å². The van der Waals surface area contributed by atoms with Crippen molar-refractivity contribution >= 4 is 21.8 Å². The zero-order chi connectivity index (χ0) is 89.6. The van der Waals surface area contributed by atoms with Gasteiger partial charge in [-0.3, -0.25) is 34.9 Å². The number of hydrogen-bond acceptors (Lipinski definition) is 16. The van der Waals surface area contributed by atoms with Gasteiger partial charge in [0.1, 0.15) is 0 Å². The standard InChI is InChI=1S/C44H28N6.C38H26N4.C36H24N6/c1-3-16-40-37(13-1)35(22-25-46-40)31-9-7-11-33(27-31)43-48-42(30-20-18-29(19-21-30)39-15-5-6-24-45-39)49-44(50-43)34-12-8-10-32(28-34)36-23-26-47-41-17-4-2-14-38(36)41;1-3-11-27(12-4-1)31-15-9-17-33(25-31)37-40-36(30-22-20-29(21-23-30)35-19-7-8-24-39-35)41-38(42-37)34-18-10-16-32(26-34)28-13-5-2-6-14-28;1-4-20-37-31(13-1)25-16-18-26(19-17-25)34-40-35(29-11-7-9-27(23-29)32-14-2-5-21-38-32)42-36(41-34)30-12-8-10-28(24-30)33-15-3-6-22-39-33/h1-28H;1-26H;1-24H. The van der Waals surface area contributed by atoms with Crippen LogP contribution in [0.2, 0.25) is 0 Å². The van der Waals surface area contributed by atoms with Crippen LogP contribution in [0.3, 0.4) is 0 Å². The van der Waals surface area contributed by atoms with Crippen molar-refractivity contribution in [1.29, 1.82) is 0 Å². The minimum atomic E-state index is 0.588. The van der Waals surface area contributed by atoms with Gasteiger partial charge in [0, 0.05) is 132 Å². The highest BCUT2D eigenvalue weighted by atomic mass is 15.1. The number of pyridine rings is 7. The fourth-order valence-corrected chi connectivity index (χ4v) is 16.2. The summed E-state index contributed by atoms with van der Waals surface area (Å²) in [5.74, 6) is 5.44. The van der Waals surface area contributed by atoms with Gasteiger partial charge in [-0.1, -0.05) is 309 Å². The first-order valence-electron chi connectivity index (χ1n) is 44.0. The minimum absolute atomic E-state index is 0.588. The van der Waals surface area contributed by atoms with E-state index in [1.54, 1.807) is 31.0 Å². The summed E-state index contributed by atoms with van der Waals surface area (Å²) in [7, 11) is 0. The summed E-state index contributed by atoms with van der Waals surface area (Å²) < 4.78 is 0. The van der Waals surface area contributed by atoms with Crippen molar-refractivity contribution in [2.24, 2.45) is 0 Å². The van der Waals surface area contributed by atoms with E-state index < -0.39 is 0 Å². The first-order valence-corrected chi connectivity index (χ1v) is 44.0. The van der Waals surface area contributed by atoms with Crippen LogP contribution in [0.25, 0.3) is 225 Å². The molecule has 0 fully saturated rings. The van der Waals surface area contributed by atoms with Crippen molar-refractivity contribution < 1.29 is 0 Å². The molecule has 10 heterocycles. The maximum absolute atomic E-state index is 5.10. The van der Waals surface area contributed by atoms with Crippen LogP contribution in [0, 0.1) is 0 Å². The quantitative estimate of drug-likeness (QED) is 0.0783. The summed E-state index contributed by atoms with van der Waals surface area (Å²) in [6.07, 6.45) is 12.7. The molecule has 13 aromatic carbocycles. The molecule has 0 bridgehead atoms. The molecule has 0 spiro atoms. The second-order valence-electron chi connectivity index (χ2n) is 31.7. The predicted octanol–water partition coefficient (Wildman–Crippen LogP) is 27.7. The van der Waals surface area contributed by atoms with E-state index in [1.807, 2.05) is 237 Å². The van der Waals surface area contributed by atoms with Gasteiger partial charge in [0.25, 0.3) is 0 Å². The lowest BCUT2D eigenvalue weighted by Crippen LogP contribution is -2.00. The average molecular weight is 1720 g/mol. The van der Waals surface area contributed by atoms with Crippen LogP contribution < -0.4 is 0 Å². The van der Waals surface area contributed by atoms with Gasteiger partial charge in [0.15, 0.2) is 52.4 Å². The van der Waals surface area contributed by atoms with Crippen LogP contribution in [-0.2, 0) is 0 Å². The molecule has 0 radical (unpaired) electrons. The predicted molar refractivity (Wildman–Crippen MR) is 537 cm³/mol. The molecular formula is C118H78N16. The molecule has 0 N–H and O–H groups in total. The molecule has 0 saturated heterocycles. The molecule has 23 rings (SSSR count). The zero-order valence-corrected chi connectivity index (χ0v) is 72.2. The molecule has 0 atom stereocenters. The Kier molecular flexibility index (Phi) is 23.7. The number of para-hydroxylation sites is 2. The number of rotatable bonds is 18. The van der Waals surface area contributed by atoms with E-state index in [0.717, 1.165) is 173 Å². The van der Waals surface area contributed by atoms with Gasteiger partial charge in [-0.25, -0.2) is 44.9 Å². The Morgan fingerprint density at radius 3 is 0.604 bits per heavy atom. The fraction of sp³-hybridized carbons (Fsp3) is 0. The third-order valence-electron chi connectivity index (χ3n) is 23.0. The molecule has 23 aromatic rings. The number of aromatic nitrogens is 16. The van der Waals surface area contributed by atoms with Crippen LogP contribution in [-0.4, -0.2) is 79.7 Å². The molecule has 0 aliphatic heterocycles. The van der Waals surface area contributed by atoms with Gasteiger partial charge in [-0.05, 0) is 166 Å². The molecule has 134 heavy (non-hydrogen) atoms. The molecule has 0 unspecified atom stereocenters. The molecular weight excluding hydrogens is 1640 g/mol. The number of hydrogen-bond donors (Lipinski definition) is 0. The molecule has 0 saturated carbocycles. The minimum Gasteiger partial charge on any atom is -0.256 e. The molecule has 16 heteroatoms. The summed E-state index contributed by atoms with van der Waals surface area (Å²) in [5.41, 5.74) is 28.5. The molecule has 16 nitrogen and oxygen atoms in total. The van der Waals surface area contributed by atoms with Gasteiger partial charge in [-0.15, -0.1) is 0 Å². The Morgan fingerprint density at radius 2 is 0.321 bits per heavy atom. The lowest BCUT2D eigenvalue weighted by atomic mass is 9.99. The normalized spacial score (nSPS) is 11.0. The molecule has 10 aromatic heterocycles. The SMILES string of the molecule is c1ccc(-c2ccc(-c3nc(-c4cccc(-c5ccccn5)c4)nc(-c4cccc(-c5ccccn5)c4)n3)cc2)nc1.c1ccc(-c2ccc(-c3nc(-c4cccc(-c5ccnc6ccccc56)c4)nc(-c4cccc(-c5ccnc6ccccc56)c4)n3)cc2)nc1.c1ccc(-c2cccc(-c3nc(-c4ccc(-c5ccccn5)cc4)nc(-c4cccc(-c5ccccc5)c4)n3)c2)cc1. The van der Waals surface area contributed by atoms with E-state index in [4.69, 9.17) is 44.9 Å². The van der Waals surface area contributed by atoms with Gasteiger partial charge >= 0.3 is 0 Å². The maximum atomic E-state index is 5.10. The van der Waals surface area contributed by atoms with E-state index in [2.05, 4.69) is 241 Å². The van der Waals surface area contributed by atoms with E-state index in [-0.39, 0.29) is 0 Å². The smallest absolute Gasteiger partial charge is 0.164 e.